The third kappa shape index (κ3) is 2.33. The second-order valence-corrected chi connectivity index (χ2v) is 9.92. The molecule has 4 bridgehead atoms. The first-order valence-corrected chi connectivity index (χ1v) is 9.73. The third-order valence-electron chi connectivity index (χ3n) is 7.63. The molecule has 4 rings (SSSR count). The maximum atomic E-state index is 11.2. The van der Waals surface area contributed by atoms with Crippen LogP contribution < -0.4 is 0 Å². The van der Waals surface area contributed by atoms with Crippen LogP contribution in [-0.4, -0.2) is 34.1 Å². The van der Waals surface area contributed by atoms with Gasteiger partial charge < -0.3 is 14.6 Å². The lowest BCUT2D eigenvalue weighted by Gasteiger charge is -2.54. The van der Waals surface area contributed by atoms with Crippen molar-refractivity contribution in [1.82, 2.24) is 0 Å². The second kappa shape index (κ2) is 4.95. The summed E-state index contributed by atoms with van der Waals surface area (Å²) in [4.78, 5) is 0. The lowest BCUT2D eigenvalue weighted by atomic mass is 9.56. The first kappa shape index (κ1) is 16.4. The number of ether oxygens (including phenoxy) is 2. The van der Waals surface area contributed by atoms with Crippen LogP contribution in [0.25, 0.3) is 0 Å². The minimum Gasteiger partial charge on any atom is -0.390 e. The lowest BCUT2D eigenvalue weighted by molar-refractivity contribution is -0.216. The van der Waals surface area contributed by atoms with Gasteiger partial charge in [-0.15, -0.1) is 0 Å². The molecule has 0 amide bonds. The van der Waals surface area contributed by atoms with E-state index < -0.39 is 5.60 Å². The van der Waals surface area contributed by atoms with E-state index in [4.69, 9.17) is 9.47 Å². The molecule has 1 aliphatic carbocycles. The minimum absolute atomic E-state index is 0.0712. The van der Waals surface area contributed by atoms with E-state index in [0.29, 0.717) is 17.8 Å². The summed E-state index contributed by atoms with van der Waals surface area (Å²) in [7, 11) is 0. The molecule has 3 heteroatoms. The summed E-state index contributed by atoms with van der Waals surface area (Å²) in [6.45, 7) is 11.3. The topological polar surface area (TPSA) is 38.7 Å². The quantitative estimate of drug-likeness (QED) is 0.795. The zero-order chi connectivity index (χ0) is 16.6. The fraction of sp³-hybridized carbons (Fsp3) is 1.00. The predicted octanol–water partition coefficient (Wildman–Crippen LogP) is 3.92. The standard InChI is InChI=1S/C20H34O3/c1-12(2)13-7-10-19(4,21)16-14-11-18(3)8-6-9-20(5,23-18)17(22-14)15(13)16/h12-17,21H,6-11H2,1-5H3/t13-,14-,15-,16-,17-,18+,19-,20-/m0/s1. The first-order chi connectivity index (χ1) is 10.7. The Kier molecular flexibility index (Phi) is 3.52. The zero-order valence-corrected chi connectivity index (χ0v) is 15.5. The summed E-state index contributed by atoms with van der Waals surface area (Å²) < 4.78 is 13.4. The number of fused-ring (bicyclic) bond motifs is 8. The van der Waals surface area contributed by atoms with Crippen molar-refractivity contribution in [2.45, 2.75) is 102 Å². The van der Waals surface area contributed by atoms with E-state index in [2.05, 4.69) is 34.6 Å². The Hall–Kier alpha value is -0.120. The van der Waals surface area contributed by atoms with Crippen molar-refractivity contribution >= 4 is 0 Å². The van der Waals surface area contributed by atoms with Gasteiger partial charge in [-0.25, -0.2) is 0 Å². The Morgan fingerprint density at radius 3 is 2.52 bits per heavy atom. The van der Waals surface area contributed by atoms with Gasteiger partial charge in [0.05, 0.1) is 29.0 Å². The molecule has 3 aliphatic heterocycles. The number of hydrogen-bond donors (Lipinski definition) is 1. The van der Waals surface area contributed by atoms with Gasteiger partial charge in [0.2, 0.25) is 0 Å². The molecule has 3 nitrogen and oxygen atoms in total. The smallest absolute Gasteiger partial charge is 0.0925 e. The molecule has 0 aromatic heterocycles. The Morgan fingerprint density at radius 1 is 1.09 bits per heavy atom. The van der Waals surface area contributed by atoms with Crippen molar-refractivity contribution in [1.29, 1.82) is 0 Å². The van der Waals surface area contributed by atoms with Crippen molar-refractivity contribution in [3.05, 3.63) is 0 Å². The van der Waals surface area contributed by atoms with Gasteiger partial charge in [-0.3, -0.25) is 0 Å². The molecule has 23 heavy (non-hydrogen) atoms. The van der Waals surface area contributed by atoms with Crippen LogP contribution in [0.1, 0.15) is 73.1 Å². The maximum Gasteiger partial charge on any atom is 0.0925 e. The fourth-order valence-electron chi connectivity index (χ4n) is 6.68. The largest absolute Gasteiger partial charge is 0.390 e. The molecule has 132 valence electrons. The van der Waals surface area contributed by atoms with E-state index in [0.717, 1.165) is 32.1 Å². The van der Waals surface area contributed by atoms with E-state index in [1.165, 1.54) is 6.42 Å². The molecule has 4 fully saturated rings. The van der Waals surface area contributed by atoms with Crippen molar-refractivity contribution in [2.24, 2.45) is 23.7 Å². The summed E-state index contributed by atoms with van der Waals surface area (Å²) in [5.41, 5.74) is -0.839. The monoisotopic (exact) mass is 322 g/mol. The van der Waals surface area contributed by atoms with Gasteiger partial charge in [0.25, 0.3) is 0 Å². The van der Waals surface area contributed by atoms with Gasteiger partial charge in [0.15, 0.2) is 0 Å². The van der Waals surface area contributed by atoms with Crippen molar-refractivity contribution in [3.8, 4) is 0 Å². The van der Waals surface area contributed by atoms with Crippen LogP contribution in [0.2, 0.25) is 0 Å². The molecular weight excluding hydrogens is 288 g/mol. The van der Waals surface area contributed by atoms with Crippen LogP contribution in [0.4, 0.5) is 0 Å². The maximum absolute atomic E-state index is 11.2. The van der Waals surface area contributed by atoms with Crippen molar-refractivity contribution < 1.29 is 14.6 Å². The highest BCUT2D eigenvalue weighted by molar-refractivity contribution is 5.14. The molecule has 0 aromatic carbocycles. The summed E-state index contributed by atoms with van der Waals surface area (Å²) in [5.74, 6) is 1.99. The Balaban J connectivity index is 1.78. The van der Waals surface area contributed by atoms with E-state index in [9.17, 15) is 5.11 Å². The highest BCUT2D eigenvalue weighted by Crippen LogP contribution is 2.60. The fourth-order valence-corrected chi connectivity index (χ4v) is 6.68. The molecule has 4 aliphatic rings. The van der Waals surface area contributed by atoms with Gasteiger partial charge in [0, 0.05) is 12.3 Å². The van der Waals surface area contributed by atoms with E-state index in [1.807, 2.05) is 0 Å². The van der Waals surface area contributed by atoms with Gasteiger partial charge in [-0.2, -0.15) is 0 Å². The lowest BCUT2D eigenvalue weighted by Crippen LogP contribution is -2.59. The average Bonchev–Trinajstić information content (AvgIpc) is 2.75. The molecule has 1 N–H and O–H groups in total. The van der Waals surface area contributed by atoms with Crippen molar-refractivity contribution in [3.63, 3.8) is 0 Å². The number of aliphatic hydroxyl groups is 1. The van der Waals surface area contributed by atoms with Gasteiger partial charge >= 0.3 is 0 Å². The normalized spacial score (nSPS) is 58.8. The van der Waals surface area contributed by atoms with Crippen LogP contribution in [0.15, 0.2) is 0 Å². The van der Waals surface area contributed by atoms with E-state index in [-0.39, 0.29) is 29.3 Å². The summed E-state index contributed by atoms with van der Waals surface area (Å²) in [5, 5.41) is 11.2. The molecule has 1 saturated carbocycles. The zero-order valence-electron chi connectivity index (χ0n) is 15.5. The molecule has 0 radical (unpaired) electrons. The summed E-state index contributed by atoms with van der Waals surface area (Å²) in [6, 6.07) is 0. The predicted molar refractivity (Wildman–Crippen MR) is 90.2 cm³/mol. The Bertz CT molecular complexity index is 487. The molecule has 0 unspecified atom stereocenters. The van der Waals surface area contributed by atoms with E-state index >= 15 is 0 Å². The van der Waals surface area contributed by atoms with Crippen LogP contribution in [0.3, 0.4) is 0 Å². The number of rotatable bonds is 1. The van der Waals surface area contributed by atoms with Crippen LogP contribution in [0, 0.1) is 23.7 Å². The molecule has 3 saturated heterocycles. The molecule has 8 atom stereocenters. The Labute approximate surface area is 141 Å². The van der Waals surface area contributed by atoms with Gasteiger partial charge in [-0.1, -0.05) is 13.8 Å². The molecule has 0 aromatic rings. The molecule has 3 heterocycles. The average molecular weight is 322 g/mol. The highest BCUT2D eigenvalue weighted by atomic mass is 16.6. The molecule has 0 spiro atoms. The highest BCUT2D eigenvalue weighted by Gasteiger charge is 2.65. The van der Waals surface area contributed by atoms with Crippen LogP contribution in [0.5, 0.6) is 0 Å². The number of hydrogen-bond acceptors (Lipinski definition) is 3. The van der Waals surface area contributed by atoms with Crippen LogP contribution in [-0.2, 0) is 9.47 Å². The summed E-state index contributed by atoms with van der Waals surface area (Å²) in [6.07, 6.45) is 6.74. The third-order valence-corrected chi connectivity index (χ3v) is 7.63. The van der Waals surface area contributed by atoms with Gasteiger partial charge in [0.1, 0.15) is 0 Å². The first-order valence-electron chi connectivity index (χ1n) is 9.73. The molecular formula is C20H34O3. The minimum atomic E-state index is -0.589. The summed E-state index contributed by atoms with van der Waals surface area (Å²) >= 11 is 0. The van der Waals surface area contributed by atoms with Gasteiger partial charge in [-0.05, 0) is 70.6 Å². The van der Waals surface area contributed by atoms with Crippen LogP contribution >= 0.6 is 0 Å². The van der Waals surface area contributed by atoms with Crippen molar-refractivity contribution in [2.75, 3.05) is 0 Å². The second-order valence-electron chi connectivity index (χ2n) is 9.92. The van der Waals surface area contributed by atoms with E-state index in [1.54, 1.807) is 0 Å². The Morgan fingerprint density at radius 2 is 1.83 bits per heavy atom. The SMILES string of the molecule is CC(C)[C@@H]1CC[C@](C)(O)[C@@H]2[C@H]1[C@@H]1O[C@H]2C[C@@]2(C)CCC[C@]1(C)O2.